The smallest absolute Gasteiger partial charge is 0.347 e. The first-order valence-corrected chi connectivity index (χ1v) is 16.5. The van der Waals surface area contributed by atoms with Crippen molar-refractivity contribution < 1.29 is 24.2 Å². The van der Waals surface area contributed by atoms with Crippen molar-refractivity contribution in [2.45, 2.75) is 44.8 Å². The molecular formula is C38H33N5O8. The molecule has 1 aliphatic heterocycles. The number of carbonyl (C=O) groups excluding carboxylic acids is 2. The maximum absolute atomic E-state index is 14.2. The molecule has 2 atom stereocenters. The Hall–Kier alpha value is -6.24. The monoisotopic (exact) mass is 687 g/mol. The number of hydrogen-bond acceptors (Lipinski definition) is 9. The number of aryl methyl sites for hydroxylation is 2. The minimum Gasteiger partial charge on any atom is -0.507 e. The predicted molar refractivity (Wildman–Crippen MR) is 188 cm³/mol. The molecule has 258 valence electrons. The Bertz CT molecular complexity index is 2670. The van der Waals surface area contributed by atoms with E-state index < -0.39 is 23.3 Å². The fourth-order valence-corrected chi connectivity index (χ4v) is 7.82. The van der Waals surface area contributed by atoms with Crippen LogP contribution in [0, 0.1) is 0 Å². The Morgan fingerprint density at radius 2 is 1.71 bits per heavy atom. The average molecular weight is 688 g/mol. The van der Waals surface area contributed by atoms with Crippen LogP contribution in [0.1, 0.15) is 36.6 Å². The zero-order valence-corrected chi connectivity index (χ0v) is 28.3. The number of rotatable bonds is 6. The highest BCUT2D eigenvalue weighted by atomic mass is 16.5. The molecule has 0 fully saturated rings. The highest BCUT2D eigenvalue weighted by molar-refractivity contribution is 6.23. The third-order valence-electron chi connectivity index (χ3n) is 10.4. The van der Waals surface area contributed by atoms with E-state index in [-0.39, 0.29) is 65.6 Å². The third-order valence-corrected chi connectivity index (χ3v) is 10.4. The number of ether oxygens (including phenoxy) is 2. The van der Waals surface area contributed by atoms with Crippen molar-refractivity contribution in [3.05, 3.63) is 126 Å². The molecule has 51 heavy (non-hydrogen) atoms. The summed E-state index contributed by atoms with van der Waals surface area (Å²) in [6.45, 7) is 1.49. The molecule has 0 bridgehead atoms. The molecule has 0 saturated carbocycles. The number of carbonyl (C=O) groups is 2. The highest BCUT2D eigenvalue weighted by Gasteiger charge is 2.45. The first-order chi connectivity index (χ1) is 24.5. The van der Waals surface area contributed by atoms with E-state index in [4.69, 9.17) is 9.47 Å². The molecule has 0 radical (unpaired) electrons. The van der Waals surface area contributed by atoms with Crippen LogP contribution < -0.4 is 26.4 Å². The molecule has 0 spiro atoms. The molecule has 2 aliphatic carbocycles. The zero-order valence-electron chi connectivity index (χ0n) is 28.3. The van der Waals surface area contributed by atoms with Gasteiger partial charge in [-0.05, 0) is 24.0 Å². The van der Waals surface area contributed by atoms with Gasteiger partial charge in [0.05, 0.1) is 37.8 Å². The Labute approximate surface area is 289 Å². The van der Waals surface area contributed by atoms with Gasteiger partial charge < -0.3 is 19.1 Å². The van der Waals surface area contributed by atoms with Crippen molar-refractivity contribution in [1.29, 1.82) is 0 Å². The molecule has 13 heteroatoms. The number of methoxy groups -OCH3 is 2. The van der Waals surface area contributed by atoms with Crippen LogP contribution in [0.3, 0.4) is 0 Å². The molecule has 1 N–H and O–H groups in total. The van der Waals surface area contributed by atoms with E-state index in [2.05, 4.69) is 4.98 Å². The molecule has 0 saturated heterocycles. The molecule has 5 aromatic rings. The van der Waals surface area contributed by atoms with Gasteiger partial charge in [0.2, 0.25) is 0 Å². The number of allylic oxidation sites excluding steroid dienone is 6. The lowest BCUT2D eigenvalue weighted by molar-refractivity contribution is -0.116. The molecule has 8 rings (SSSR count). The van der Waals surface area contributed by atoms with E-state index in [1.54, 1.807) is 44.3 Å². The quantitative estimate of drug-likeness (QED) is 0.209. The number of ketones is 2. The summed E-state index contributed by atoms with van der Waals surface area (Å²) in [6.07, 6.45) is 3.12. The van der Waals surface area contributed by atoms with Crippen LogP contribution in [0.5, 0.6) is 17.2 Å². The number of fused-ring (bicyclic) bond motifs is 5. The zero-order chi connectivity index (χ0) is 35.9. The lowest BCUT2D eigenvalue weighted by Gasteiger charge is -2.39. The number of aromatic hydroxyl groups is 1. The summed E-state index contributed by atoms with van der Waals surface area (Å²) in [6, 6.07) is 13.5. The number of aromatic nitrogens is 5. The van der Waals surface area contributed by atoms with Crippen molar-refractivity contribution >= 4 is 33.4 Å². The second-order valence-corrected chi connectivity index (χ2v) is 13.0. The maximum Gasteiger partial charge on any atom is 0.347 e. The van der Waals surface area contributed by atoms with Gasteiger partial charge >= 0.3 is 11.4 Å². The van der Waals surface area contributed by atoms with Crippen LogP contribution >= 0.6 is 0 Å². The molecular weight excluding hydrogens is 654 g/mol. The summed E-state index contributed by atoms with van der Waals surface area (Å²) in [5, 5.41) is 13.0. The van der Waals surface area contributed by atoms with Crippen LogP contribution in [-0.2, 0) is 36.1 Å². The van der Waals surface area contributed by atoms with Gasteiger partial charge in [-0.1, -0.05) is 42.5 Å². The first kappa shape index (κ1) is 32.0. The summed E-state index contributed by atoms with van der Waals surface area (Å²) >= 11 is 0. The van der Waals surface area contributed by atoms with Crippen LogP contribution in [0.15, 0.2) is 97.4 Å². The van der Waals surface area contributed by atoms with E-state index >= 15 is 0 Å². The summed E-state index contributed by atoms with van der Waals surface area (Å²) in [5.41, 5.74) is 1.48. The number of phenolic OH excluding ortho intramolecular Hbond substituents is 1. The van der Waals surface area contributed by atoms with Gasteiger partial charge in [-0.15, -0.1) is 0 Å². The Kier molecular flexibility index (Phi) is 7.33. The van der Waals surface area contributed by atoms with E-state index in [1.165, 1.54) is 34.2 Å². The molecule has 2 aromatic heterocycles. The summed E-state index contributed by atoms with van der Waals surface area (Å²) < 4.78 is 16.0. The van der Waals surface area contributed by atoms with E-state index in [9.17, 15) is 29.1 Å². The van der Waals surface area contributed by atoms with Gasteiger partial charge in [-0.2, -0.15) is 0 Å². The van der Waals surface area contributed by atoms with Crippen LogP contribution in [0.4, 0.5) is 0 Å². The largest absolute Gasteiger partial charge is 0.507 e. The Morgan fingerprint density at radius 3 is 2.47 bits per heavy atom. The topological polar surface area (TPSA) is 157 Å². The lowest BCUT2D eigenvalue weighted by Crippen LogP contribution is -2.40. The number of phenols is 1. The van der Waals surface area contributed by atoms with E-state index in [0.29, 0.717) is 44.6 Å². The minimum absolute atomic E-state index is 0.0129. The fraction of sp³-hybridized carbons (Fsp3) is 0.263. The van der Waals surface area contributed by atoms with Gasteiger partial charge in [0.25, 0.3) is 5.56 Å². The van der Waals surface area contributed by atoms with Crippen LogP contribution in [0.25, 0.3) is 21.8 Å². The highest BCUT2D eigenvalue weighted by Crippen LogP contribution is 2.52. The number of Topliss-reactive ketones (excluding diaryl/α,β-unsaturated/α-hetero) is 1. The number of nitrogens with zero attached hydrogens (tertiary/aromatic N) is 5. The number of benzene rings is 3. The fourth-order valence-electron chi connectivity index (χ4n) is 7.82. The van der Waals surface area contributed by atoms with Gasteiger partial charge in [-0.25, -0.2) is 28.5 Å². The van der Waals surface area contributed by atoms with Crippen molar-refractivity contribution in [2.24, 2.45) is 7.05 Å². The molecule has 0 amide bonds. The normalized spacial score (nSPS) is 18.4. The summed E-state index contributed by atoms with van der Waals surface area (Å²) in [4.78, 5) is 73.2. The second-order valence-electron chi connectivity index (χ2n) is 13.0. The molecule has 0 unspecified atom stereocenters. The van der Waals surface area contributed by atoms with Crippen molar-refractivity contribution in [2.75, 3.05) is 14.2 Å². The van der Waals surface area contributed by atoms with E-state index in [0.717, 1.165) is 9.95 Å². The molecule has 3 aromatic carbocycles. The van der Waals surface area contributed by atoms with Crippen molar-refractivity contribution in [3.8, 4) is 17.2 Å². The standard InChI is InChI=1S/C38H33N5O8/c1-19-15-29(44)24-16-27-22(32(33(24)34(19)45)23-10-9-20-7-5-6-8-21(20)35(23)46)11-14-42-37(48)41(38(49)43(27)42)13-12-25-36(47)40(2)28-18-31(51-4)30(50-3)17-26(28)39-25/h5-11,15,17-18,27,32,46H,12-14,16H2,1-4H3/t27-,32-/m1/s1. The van der Waals surface area contributed by atoms with E-state index in [1.807, 2.05) is 24.3 Å². The Balaban J connectivity index is 1.21. The molecule has 3 heterocycles. The Morgan fingerprint density at radius 1 is 0.961 bits per heavy atom. The average Bonchev–Trinajstić information content (AvgIpc) is 3.38. The maximum atomic E-state index is 14.2. The first-order valence-electron chi connectivity index (χ1n) is 16.5. The minimum atomic E-state index is -0.831. The lowest BCUT2D eigenvalue weighted by atomic mass is 9.67. The second kappa shape index (κ2) is 11.7. The SMILES string of the molecule is COc1cc2nc(CCn3c(=O)n4n(c3=O)[C@@H]3CC5=C(C(=O)C(C)=CC5=O)[C@@H](c5ccc6ccccc6c5O)C3=CC4)c(=O)n(C)c2cc1OC. The molecule has 3 aliphatic rings. The van der Waals surface area contributed by atoms with Gasteiger partial charge in [0, 0.05) is 72.2 Å². The van der Waals surface area contributed by atoms with Crippen molar-refractivity contribution in [1.82, 2.24) is 23.5 Å². The van der Waals surface area contributed by atoms with Crippen LogP contribution in [-0.4, -0.2) is 54.4 Å². The predicted octanol–water partition coefficient (Wildman–Crippen LogP) is 3.24. The molecule has 13 nitrogen and oxygen atoms in total. The summed E-state index contributed by atoms with van der Waals surface area (Å²) in [5.74, 6) is -0.614. The van der Waals surface area contributed by atoms with Crippen molar-refractivity contribution in [3.63, 3.8) is 0 Å². The van der Waals surface area contributed by atoms with Gasteiger partial charge in [0.1, 0.15) is 11.4 Å². The van der Waals surface area contributed by atoms with Gasteiger partial charge in [0.15, 0.2) is 23.1 Å². The summed E-state index contributed by atoms with van der Waals surface area (Å²) in [7, 11) is 4.60. The van der Waals surface area contributed by atoms with Gasteiger partial charge in [-0.3, -0.25) is 14.4 Å². The number of hydrogen-bond donors (Lipinski definition) is 1. The van der Waals surface area contributed by atoms with Crippen LogP contribution in [0.2, 0.25) is 0 Å². The third kappa shape index (κ3) is 4.68.